The molecule has 0 heterocycles. The number of esters is 1. The summed E-state index contributed by atoms with van der Waals surface area (Å²) in [5.74, 6) is -0.196. The van der Waals surface area contributed by atoms with Gasteiger partial charge in [-0.05, 0) is 27.2 Å². The molecule has 2 nitrogen and oxygen atoms in total. The van der Waals surface area contributed by atoms with Crippen LogP contribution >= 0.6 is 0 Å². The summed E-state index contributed by atoms with van der Waals surface area (Å²) in [5.41, 5.74) is 0.679. The van der Waals surface area contributed by atoms with Crippen LogP contribution in [0.2, 0.25) is 0 Å². The molecule has 0 N–H and O–H groups in total. The minimum atomic E-state index is -0.196. The third-order valence-electron chi connectivity index (χ3n) is 1.76. The molecule has 0 fully saturated rings. The Labute approximate surface area is 74.6 Å². The zero-order valence-electron chi connectivity index (χ0n) is 8.39. The van der Waals surface area contributed by atoms with E-state index < -0.39 is 0 Å². The summed E-state index contributed by atoms with van der Waals surface area (Å²) in [4.78, 5) is 11.2. The molecule has 0 spiro atoms. The van der Waals surface area contributed by atoms with Crippen molar-refractivity contribution in [3.63, 3.8) is 0 Å². The fourth-order valence-corrected chi connectivity index (χ4v) is 0.859. The van der Waals surface area contributed by atoms with Crippen LogP contribution in [0.3, 0.4) is 0 Å². The maximum absolute atomic E-state index is 11.2. The van der Waals surface area contributed by atoms with Crippen LogP contribution in [0.25, 0.3) is 0 Å². The van der Waals surface area contributed by atoms with Gasteiger partial charge in [0.05, 0.1) is 6.10 Å². The number of hydrogen-bond acceptors (Lipinski definition) is 2. The van der Waals surface area contributed by atoms with Crippen molar-refractivity contribution in [2.75, 3.05) is 0 Å². The first-order valence-electron chi connectivity index (χ1n) is 4.45. The normalized spacial score (nSPS) is 14.2. The molecule has 0 aromatic rings. The molecular weight excluding hydrogens is 152 g/mol. The van der Waals surface area contributed by atoms with E-state index in [0.29, 0.717) is 5.57 Å². The Morgan fingerprint density at radius 1 is 1.58 bits per heavy atom. The maximum atomic E-state index is 11.2. The van der Waals surface area contributed by atoms with E-state index in [1.807, 2.05) is 13.8 Å². The topological polar surface area (TPSA) is 26.3 Å². The Bertz CT molecular complexity index is 171. The molecule has 0 bridgehead atoms. The molecular formula is C10H18O2. The van der Waals surface area contributed by atoms with Gasteiger partial charge in [-0.1, -0.05) is 19.4 Å². The first-order valence-corrected chi connectivity index (χ1v) is 4.45. The van der Waals surface area contributed by atoms with Crippen LogP contribution in [0.4, 0.5) is 0 Å². The number of ether oxygens (including phenoxy) is 1. The standard InChI is InChI=1S/C10H18O2/c1-5-7-9(4)12-10(11)8(3)6-2/h6,9H,5,7H2,1-4H3. The first kappa shape index (κ1) is 11.2. The van der Waals surface area contributed by atoms with Crippen molar-refractivity contribution in [1.82, 2.24) is 0 Å². The van der Waals surface area contributed by atoms with Gasteiger partial charge in [-0.3, -0.25) is 0 Å². The molecule has 0 aliphatic carbocycles. The molecule has 0 amide bonds. The van der Waals surface area contributed by atoms with Crippen LogP contribution in [-0.2, 0) is 9.53 Å². The van der Waals surface area contributed by atoms with Crippen LogP contribution in [0.15, 0.2) is 11.6 Å². The van der Waals surface area contributed by atoms with E-state index in [2.05, 4.69) is 6.92 Å². The molecule has 1 unspecified atom stereocenters. The average Bonchev–Trinajstić information content (AvgIpc) is 2.03. The summed E-state index contributed by atoms with van der Waals surface area (Å²) in [7, 11) is 0. The Kier molecular flexibility index (Phi) is 5.43. The van der Waals surface area contributed by atoms with Gasteiger partial charge >= 0.3 is 5.97 Å². The van der Waals surface area contributed by atoms with Crippen molar-refractivity contribution in [3.05, 3.63) is 11.6 Å². The van der Waals surface area contributed by atoms with E-state index in [1.165, 1.54) is 0 Å². The van der Waals surface area contributed by atoms with Gasteiger partial charge in [-0.2, -0.15) is 0 Å². The SMILES string of the molecule is CC=C(C)C(=O)OC(C)CCC. The van der Waals surface area contributed by atoms with E-state index in [1.54, 1.807) is 13.0 Å². The van der Waals surface area contributed by atoms with E-state index in [4.69, 9.17) is 4.74 Å². The van der Waals surface area contributed by atoms with Gasteiger partial charge in [0.25, 0.3) is 0 Å². The summed E-state index contributed by atoms with van der Waals surface area (Å²) in [6.07, 6.45) is 3.78. The highest BCUT2D eigenvalue weighted by Gasteiger charge is 2.08. The smallest absolute Gasteiger partial charge is 0.333 e. The number of carbonyl (C=O) groups is 1. The van der Waals surface area contributed by atoms with Gasteiger partial charge in [0, 0.05) is 5.57 Å². The molecule has 0 aliphatic heterocycles. The van der Waals surface area contributed by atoms with Crippen LogP contribution in [0.1, 0.15) is 40.5 Å². The number of carbonyl (C=O) groups excluding carboxylic acids is 1. The van der Waals surface area contributed by atoms with E-state index in [9.17, 15) is 4.79 Å². The van der Waals surface area contributed by atoms with Crippen molar-refractivity contribution in [2.24, 2.45) is 0 Å². The Morgan fingerprint density at radius 2 is 2.17 bits per heavy atom. The lowest BCUT2D eigenvalue weighted by Gasteiger charge is -2.11. The zero-order valence-corrected chi connectivity index (χ0v) is 8.39. The fourth-order valence-electron chi connectivity index (χ4n) is 0.859. The summed E-state index contributed by atoms with van der Waals surface area (Å²) in [6, 6.07) is 0. The van der Waals surface area contributed by atoms with Crippen molar-refractivity contribution >= 4 is 5.97 Å². The summed E-state index contributed by atoms with van der Waals surface area (Å²) in [6.45, 7) is 7.60. The molecule has 0 saturated heterocycles. The van der Waals surface area contributed by atoms with Crippen molar-refractivity contribution < 1.29 is 9.53 Å². The number of hydrogen-bond donors (Lipinski definition) is 0. The third-order valence-corrected chi connectivity index (χ3v) is 1.76. The highest BCUT2D eigenvalue weighted by molar-refractivity contribution is 5.87. The Hall–Kier alpha value is -0.790. The molecule has 12 heavy (non-hydrogen) atoms. The molecule has 0 aromatic carbocycles. The second-order valence-electron chi connectivity index (χ2n) is 2.98. The lowest BCUT2D eigenvalue weighted by molar-refractivity contribution is -0.143. The van der Waals surface area contributed by atoms with Gasteiger partial charge in [0.2, 0.25) is 0 Å². The fraction of sp³-hybridized carbons (Fsp3) is 0.700. The van der Waals surface area contributed by atoms with Gasteiger partial charge in [-0.25, -0.2) is 4.79 Å². The lowest BCUT2D eigenvalue weighted by atomic mass is 10.2. The van der Waals surface area contributed by atoms with Gasteiger partial charge in [-0.15, -0.1) is 0 Å². The highest BCUT2D eigenvalue weighted by Crippen LogP contribution is 2.04. The van der Waals surface area contributed by atoms with Gasteiger partial charge in [0.1, 0.15) is 0 Å². The molecule has 0 radical (unpaired) electrons. The Balaban J connectivity index is 3.84. The van der Waals surface area contributed by atoms with Crippen molar-refractivity contribution in [1.29, 1.82) is 0 Å². The predicted octanol–water partition coefficient (Wildman–Crippen LogP) is 2.68. The molecule has 2 heteroatoms. The van der Waals surface area contributed by atoms with Crippen LogP contribution in [0.5, 0.6) is 0 Å². The molecule has 1 atom stereocenters. The minimum Gasteiger partial charge on any atom is -0.459 e. The average molecular weight is 170 g/mol. The second-order valence-corrected chi connectivity index (χ2v) is 2.98. The van der Waals surface area contributed by atoms with Crippen LogP contribution in [-0.4, -0.2) is 12.1 Å². The van der Waals surface area contributed by atoms with Crippen molar-refractivity contribution in [3.8, 4) is 0 Å². The van der Waals surface area contributed by atoms with Gasteiger partial charge < -0.3 is 4.74 Å². The zero-order chi connectivity index (χ0) is 9.56. The van der Waals surface area contributed by atoms with Gasteiger partial charge in [0.15, 0.2) is 0 Å². The summed E-state index contributed by atoms with van der Waals surface area (Å²) < 4.78 is 5.14. The number of rotatable bonds is 4. The molecule has 0 aromatic heterocycles. The highest BCUT2D eigenvalue weighted by atomic mass is 16.5. The third kappa shape index (κ3) is 4.16. The van der Waals surface area contributed by atoms with Crippen LogP contribution < -0.4 is 0 Å². The Morgan fingerprint density at radius 3 is 2.58 bits per heavy atom. The quantitative estimate of drug-likeness (QED) is 0.479. The first-order chi connectivity index (χ1) is 5.61. The summed E-state index contributed by atoms with van der Waals surface area (Å²) >= 11 is 0. The largest absolute Gasteiger partial charge is 0.459 e. The summed E-state index contributed by atoms with van der Waals surface area (Å²) in [5, 5.41) is 0. The molecule has 0 rings (SSSR count). The van der Waals surface area contributed by atoms with Crippen molar-refractivity contribution in [2.45, 2.75) is 46.6 Å². The number of allylic oxidation sites excluding steroid dienone is 1. The van der Waals surface area contributed by atoms with Crippen LogP contribution in [0, 0.1) is 0 Å². The molecule has 70 valence electrons. The minimum absolute atomic E-state index is 0.0393. The molecule has 0 saturated carbocycles. The molecule has 0 aliphatic rings. The maximum Gasteiger partial charge on any atom is 0.333 e. The van der Waals surface area contributed by atoms with E-state index >= 15 is 0 Å². The lowest BCUT2D eigenvalue weighted by Crippen LogP contribution is -2.15. The van der Waals surface area contributed by atoms with E-state index in [0.717, 1.165) is 12.8 Å². The second kappa shape index (κ2) is 5.81. The monoisotopic (exact) mass is 170 g/mol. The predicted molar refractivity (Wildman–Crippen MR) is 49.9 cm³/mol. The van der Waals surface area contributed by atoms with E-state index in [-0.39, 0.29) is 12.1 Å².